The first-order valence-corrected chi connectivity index (χ1v) is 9.13. The second-order valence-electron chi connectivity index (χ2n) is 5.01. The van der Waals surface area contributed by atoms with E-state index in [-0.39, 0.29) is 26.5 Å². The summed E-state index contributed by atoms with van der Waals surface area (Å²) in [6, 6.07) is 5.66. The molecule has 2 aromatic heterocycles. The van der Waals surface area contributed by atoms with Gasteiger partial charge in [0.15, 0.2) is 0 Å². The predicted molar refractivity (Wildman–Crippen MR) is 87.1 cm³/mol. The van der Waals surface area contributed by atoms with E-state index in [9.17, 15) is 26.4 Å². The van der Waals surface area contributed by atoms with Crippen LogP contribution < -0.4 is 9.46 Å². The molecule has 0 aliphatic rings. The summed E-state index contributed by atoms with van der Waals surface area (Å²) in [5.74, 6) is -2.05. The van der Waals surface area contributed by atoms with E-state index >= 15 is 0 Å². The maximum absolute atomic E-state index is 12.5. The van der Waals surface area contributed by atoms with Gasteiger partial charge in [0.25, 0.3) is 10.0 Å². The molecule has 26 heavy (non-hydrogen) atoms. The van der Waals surface area contributed by atoms with Gasteiger partial charge in [-0.1, -0.05) is 6.07 Å². The number of H-pyrrole nitrogens is 1. The molecule has 3 aromatic rings. The third-order valence-electron chi connectivity index (χ3n) is 3.17. The number of rotatable bonds is 5. The van der Waals surface area contributed by atoms with E-state index in [2.05, 4.69) is 14.4 Å². The highest BCUT2D eigenvalue weighted by atomic mass is 32.2. The van der Waals surface area contributed by atoms with Crippen molar-refractivity contribution in [2.24, 2.45) is 0 Å². The fourth-order valence-electron chi connectivity index (χ4n) is 2.22. The van der Waals surface area contributed by atoms with Crippen LogP contribution in [0.25, 0.3) is 10.9 Å². The zero-order chi connectivity index (χ0) is 19.1. The molecule has 0 radical (unpaired) electrons. The zero-order valence-electron chi connectivity index (χ0n) is 12.5. The molecule has 3 rings (SSSR count). The van der Waals surface area contributed by atoms with E-state index in [1.54, 1.807) is 0 Å². The topological polar surface area (TPSA) is 108 Å². The van der Waals surface area contributed by atoms with Crippen molar-refractivity contribution in [3.63, 3.8) is 0 Å². The number of anilines is 1. The number of hydrogen-bond acceptors (Lipinski definition) is 5. The minimum absolute atomic E-state index is 0.0112. The fraction of sp³-hybridized carbons (Fsp3) is 0.0714. The van der Waals surface area contributed by atoms with Crippen molar-refractivity contribution >= 4 is 43.9 Å². The molecular weight excluding hydrogens is 397 g/mol. The molecule has 12 heteroatoms. The summed E-state index contributed by atoms with van der Waals surface area (Å²) in [7, 11) is -4.07. The maximum Gasteiger partial charge on any atom is 0.573 e. The van der Waals surface area contributed by atoms with Crippen molar-refractivity contribution in [3.05, 3.63) is 41.4 Å². The highest BCUT2D eigenvalue weighted by Gasteiger charge is 2.32. The van der Waals surface area contributed by atoms with E-state index in [1.807, 2.05) is 0 Å². The van der Waals surface area contributed by atoms with Crippen LogP contribution in [0.2, 0.25) is 0 Å². The molecule has 138 valence electrons. The van der Waals surface area contributed by atoms with Crippen molar-refractivity contribution < 1.29 is 36.2 Å². The summed E-state index contributed by atoms with van der Waals surface area (Å²) in [6.07, 6.45) is -5.00. The van der Waals surface area contributed by atoms with Crippen LogP contribution in [0.1, 0.15) is 10.5 Å². The Hall–Kier alpha value is -2.73. The lowest BCUT2D eigenvalue weighted by Gasteiger charge is -2.12. The van der Waals surface area contributed by atoms with Crippen LogP contribution in [0.3, 0.4) is 0 Å². The summed E-state index contributed by atoms with van der Waals surface area (Å²) in [4.78, 5) is 13.5. The molecule has 0 saturated carbocycles. The minimum Gasteiger partial charge on any atom is -0.477 e. The minimum atomic E-state index is -5.00. The first-order valence-electron chi connectivity index (χ1n) is 6.77. The highest BCUT2D eigenvalue weighted by Crippen LogP contribution is 2.34. The number of carboxylic acids is 1. The molecule has 1 aromatic carbocycles. The fourth-order valence-corrected chi connectivity index (χ4v) is 4.27. The molecule has 0 atom stereocenters. The molecule has 0 spiro atoms. The smallest absolute Gasteiger partial charge is 0.477 e. The van der Waals surface area contributed by atoms with Gasteiger partial charge >= 0.3 is 12.3 Å². The lowest BCUT2D eigenvalue weighted by Crippen LogP contribution is -2.17. The van der Waals surface area contributed by atoms with Gasteiger partial charge in [-0.15, -0.1) is 24.5 Å². The summed E-state index contributed by atoms with van der Waals surface area (Å²) in [5.41, 5.74) is -0.583. The van der Waals surface area contributed by atoms with Crippen molar-refractivity contribution in [1.82, 2.24) is 4.98 Å². The highest BCUT2D eigenvalue weighted by molar-refractivity contribution is 7.94. The van der Waals surface area contributed by atoms with Crippen LogP contribution in [0.5, 0.6) is 5.75 Å². The molecule has 3 N–H and O–H groups in total. The number of nitrogens with one attached hydrogen (secondary N) is 2. The zero-order valence-corrected chi connectivity index (χ0v) is 14.1. The number of benzene rings is 1. The third-order valence-corrected chi connectivity index (χ3v) is 5.93. The van der Waals surface area contributed by atoms with Crippen LogP contribution >= 0.6 is 11.3 Å². The molecule has 0 amide bonds. The maximum atomic E-state index is 12.5. The number of ether oxygens (including phenoxy) is 1. The predicted octanol–water partition coefficient (Wildman–Crippen LogP) is 3.63. The Balaban J connectivity index is 2.13. The van der Waals surface area contributed by atoms with Gasteiger partial charge in [-0.05, 0) is 23.6 Å². The quantitative estimate of drug-likeness (QED) is 0.600. The van der Waals surface area contributed by atoms with Gasteiger partial charge in [0.1, 0.15) is 15.7 Å². The molecule has 0 bridgehead atoms. The van der Waals surface area contributed by atoms with E-state index < -0.39 is 28.1 Å². The molecule has 0 unspecified atom stereocenters. The molecule has 2 heterocycles. The van der Waals surface area contributed by atoms with E-state index in [0.29, 0.717) is 0 Å². The standard InChI is InChI=1S/C14H9F3N2O5S2/c15-14(16,17)24-8-4-7-5-10(13(20)21)18-12(7)9(6-8)19-26(22,23)11-2-1-3-25-11/h1-6,18-19H,(H,20,21). The molecule has 0 aliphatic carbocycles. The van der Waals surface area contributed by atoms with E-state index in [1.165, 1.54) is 17.5 Å². The van der Waals surface area contributed by atoms with Crippen LogP contribution in [0.15, 0.2) is 39.9 Å². The average Bonchev–Trinajstić information content (AvgIpc) is 3.14. The van der Waals surface area contributed by atoms with E-state index in [4.69, 9.17) is 5.11 Å². The Labute approximate surface area is 148 Å². The van der Waals surface area contributed by atoms with Gasteiger partial charge in [-0.2, -0.15) is 0 Å². The van der Waals surface area contributed by atoms with Crippen molar-refractivity contribution in [2.75, 3.05) is 4.72 Å². The van der Waals surface area contributed by atoms with Gasteiger partial charge < -0.3 is 14.8 Å². The van der Waals surface area contributed by atoms with Crippen LogP contribution in [-0.4, -0.2) is 30.8 Å². The second kappa shape index (κ2) is 6.21. The molecule has 7 nitrogen and oxygen atoms in total. The number of hydrogen-bond donors (Lipinski definition) is 3. The van der Waals surface area contributed by atoms with Crippen LogP contribution in [0, 0.1) is 0 Å². The monoisotopic (exact) mass is 406 g/mol. The number of carboxylic acid groups (broad SMARTS) is 1. The third kappa shape index (κ3) is 3.75. The van der Waals surface area contributed by atoms with Crippen molar-refractivity contribution in [1.29, 1.82) is 0 Å². The molecular formula is C14H9F3N2O5S2. The number of fused-ring (bicyclic) bond motifs is 1. The number of aromatic nitrogens is 1. The number of aromatic carboxylic acids is 1. The number of thiophene rings is 1. The van der Waals surface area contributed by atoms with Gasteiger partial charge in [0.05, 0.1) is 11.2 Å². The average molecular weight is 406 g/mol. The first kappa shape index (κ1) is 18.1. The van der Waals surface area contributed by atoms with Crippen molar-refractivity contribution in [2.45, 2.75) is 10.6 Å². The largest absolute Gasteiger partial charge is 0.573 e. The lowest BCUT2D eigenvalue weighted by atomic mass is 10.2. The first-order chi connectivity index (χ1) is 12.0. The van der Waals surface area contributed by atoms with Gasteiger partial charge in [0.2, 0.25) is 0 Å². The summed E-state index contributed by atoms with van der Waals surface area (Å²) < 4.78 is 68.1. The van der Waals surface area contributed by atoms with Crippen LogP contribution in [-0.2, 0) is 10.0 Å². The van der Waals surface area contributed by atoms with Gasteiger partial charge in [-0.25, -0.2) is 13.2 Å². The molecule has 0 saturated heterocycles. The molecule has 0 fully saturated rings. The lowest BCUT2D eigenvalue weighted by molar-refractivity contribution is -0.274. The number of alkyl halides is 3. The molecule has 0 aliphatic heterocycles. The summed E-state index contributed by atoms with van der Waals surface area (Å²) in [5, 5.41) is 10.6. The number of carbonyl (C=O) groups is 1. The normalized spacial score (nSPS) is 12.3. The number of halogens is 3. The Morgan fingerprint density at radius 2 is 2.00 bits per heavy atom. The van der Waals surface area contributed by atoms with Crippen molar-refractivity contribution in [3.8, 4) is 5.75 Å². The summed E-state index contributed by atoms with van der Waals surface area (Å²) in [6.45, 7) is 0. The number of aromatic amines is 1. The SMILES string of the molecule is O=C(O)c1cc2cc(OC(F)(F)F)cc(NS(=O)(=O)c3cccs3)c2[nH]1. The summed E-state index contributed by atoms with van der Waals surface area (Å²) >= 11 is 0.913. The van der Waals surface area contributed by atoms with Gasteiger partial charge in [-0.3, -0.25) is 4.72 Å². The van der Waals surface area contributed by atoms with Gasteiger partial charge in [0, 0.05) is 11.5 Å². The van der Waals surface area contributed by atoms with E-state index in [0.717, 1.165) is 29.5 Å². The van der Waals surface area contributed by atoms with Crippen LogP contribution in [0.4, 0.5) is 18.9 Å². The Morgan fingerprint density at radius 3 is 2.58 bits per heavy atom. The Morgan fingerprint density at radius 1 is 1.27 bits per heavy atom. The number of sulfonamides is 1. The second-order valence-corrected chi connectivity index (χ2v) is 7.87. The Bertz CT molecular complexity index is 1070. The Kier molecular flexibility index (Phi) is 4.32.